The molecule has 0 aromatic rings. The Hall–Kier alpha value is -0.560. The van der Waals surface area contributed by atoms with Gasteiger partial charge in [-0.25, -0.2) is 0 Å². The minimum Gasteiger partial charge on any atom is -0.313 e. The normalized spacial score (nSPS) is 40.8. The summed E-state index contributed by atoms with van der Waals surface area (Å²) >= 11 is 0. The fourth-order valence-electron chi connectivity index (χ4n) is 6.22. The molecule has 5 atom stereocenters. The maximum absolute atomic E-state index is 4.68. The highest BCUT2D eigenvalue weighted by atomic mass is 14.9. The Balaban J connectivity index is 1.86. The Labute approximate surface area is 137 Å². The summed E-state index contributed by atoms with van der Waals surface area (Å²) < 4.78 is 0. The molecule has 1 nitrogen and oxygen atoms in total. The lowest BCUT2D eigenvalue weighted by Gasteiger charge is -2.48. The standard InChI is InChI=1S/C21H35N/c1-14(2)18-17-12-16(17)13-21(18,5)15(3)19(22-6)20(4)10-8-7-9-11-20/h16-19,22H,1,3,7-13H2,2,4-6H3/t16-,17-,18?,19?,21?/m0/s1. The molecule has 1 heteroatoms. The summed E-state index contributed by atoms with van der Waals surface area (Å²) in [5, 5.41) is 3.67. The van der Waals surface area contributed by atoms with Gasteiger partial charge in [-0.1, -0.05) is 57.4 Å². The van der Waals surface area contributed by atoms with E-state index in [2.05, 4.69) is 46.3 Å². The van der Waals surface area contributed by atoms with Crippen LogP contribution in [0.2, 0.25) is 0 Å². The predicted molar refractivity (Wildman–Crippen MR) is 95.8 cm³/mol. The van der Waals surface area contributed by atoms with Crippen LogP contribution in [-0.2, 0) is 0 Å². The van der Waals surface area contributed by atoms with Gasteiger partial charge in [-0.15, -0.1) is 0 Å². The molecule has 0 aromatic carbocycles. The first-order valence-electron chi connectivity index (χ1n) is 9.35. The van der Waals surface area contributed by atoms with Crippen molar-refractivity contribution in [1.82, 2.24) is 5.32 Å². The van der Waals surface area contributed by atoms with Gasteiger partial charge in [0.1, 0.15) is 0 Å². The summed E-state index contributed by atoms with van der Waals surface area (Å²) in [6.45, 7) is 16.3. The Morgan fingerprint density at radius 3 is 2.32 bits per heavy atom. The van der Waals surface area contributed by atoms with Gasteiger partial charge >= 0.3 is 0 Å². The van der Waals surface area contributed by atoms with Crippen molar-refractivity contribution in [3.63, 3.8) is 0 Å². The van der Waals surface area contributed by atoms with Crippen LogP contribution in [0.25, 0.3) is 0 Å². The first-order chi connectivity index (χ1) is 10.3. The summed E-state index contributed by atoms with van der Waals surface area (Å²) in [7, 11) is 2.14. The van der Waals surface area contributed by atoms with Crippen LogP contribution in [0.15, 0.2) is 24.3 Å². The van der Waals surface area contributed by atoms with E-state index < -0.39 is 0 Å². The molecule has 1 N–H and O–H groups in total. The topological polar surface area (TPSA) is 12.0 Å². The lowest BCUT2D eigenvalue weighted by molar-refractivity contribution is 0.140. The third-order valence-electron chi connectivity index (χ3n) is 7.37. The summed E-state index contributed by atoms with van der Waals surface area (Å²) in [6.07, 6.45) is 9.64. The molecule has 3 aliphatic carbocycles. The van der Waals surface area contributed by atoms with Crippen molar-refractivity contribution in [2.24, 2.45) is 28.6 Å². The molecule has 0 saturated heterocycles. The number of fused-ring (bicyclic) bond motifs is 1. The first kappa shape index (κ1) is 16.3. The van der Waals surface area contributed by atoms with Crippen molar-refractivity contribution in [1.29, 1.82) is 0 Å². The molecule has 22 heavy (non-hydrogen) atoms. The van der Waals surface area contributed by atoms with Crippen molar-refractivity contribution in [2.75, 3.05) is 7.05 Å². The summed E-state index contributed by atoms with van der Waals surface area (Å²) in [6, 6.07) is 0.456. The zero-order valence-corrected chi connectivity index (χ0v) is 15.2. The highest BCUT2D eigenvalue weighted by Crippen LogP contribution is 2.68. The third kappa shape index (κ3) is 2.40. The maximum Gasteiger partial charge on any atom is 0.0333 e. The van der Waals surface area contributed by atoms with Crippen LogP contribution in [-0.4, -0.2) is 13.1 Å². The molecule has 0 spiro atoms. The lowest BCUT2D eigenvalue weighted by atomic mass is 9.60. The highest BCUT2D eigenvalue weighted by Gasteiger charge is 2.61. The Morgan fingerprint density at radius 2 is 1.77 bits per heavy atom. The fraction of sp³-hybridized carbons (Fsp3) is 0.810. The van der Waals surface area contributed by atoms with E-state index in [0.29, 0.717) is 17.4 Å². The minimum atomic E-state index is 0.257. The van der Waals surface area contributed by atoms with E-state index in [0.717, 1.165) is 11.8 Å². The molecular formula is C21H35N. The molecule has 3 aliphatic rings. The van der Waals surface area contributed by atoms with Crippen LogP contribution in [0.3, 0.4) is 0 Å². The third-order valence-corrected chi connectivity index (χ3v) is 7.37. The monoisotopic (exact) mass is 301 g/mol. The predicted octanol–water partition coefficient (Wildman–Crippen LogP) is 5.34. The van der Waals surface area contributed by atoms with E-state index in [-0.39, 0.29) is 5.41 Å². The summed E-state index contributed by atoms with van der Waals surface area (Å²) in [5.41, 5.74) is 3.50. The van der Waals surface area contributed by atoms with Crippen molar-refractivity contribution in [2.45, 2.75) is 71.8 Å². The number of nitrogens with one attached hydrogen (secondary N) is 1. The van der Waals surface area contributed by atoms with E-state index in [4.69, 9.17) is 0 Å². The maximum atomic E-state index is 4.68. The van der Waals surface area contributed by atoms with Crippen molar-refractivity contribution >= 4 is 0 Å². The number of hydrogen-bond donors (Lipinski definition) is 1. The number of likely N-dealkylation sites (N-methyl/N-ethyl adjacent to an activating group) is 1. The van der Waals surface area contributed by atoms with Crippen LogP contribution in [0.5, 0.6) is 0 Å². The van der Waals surface area contributed by atoms with Gasteiger partial charge in [-0.3, -0.25) is 0 Å². The van der Waals surface area contributed by atoms with Gasteiger partial charge in [0.25, 0.3) is 0 Å². The largest absolute Gasteiger partial charge is 0.313 e. The highest BCUT2D eigenvalue weighted by molar-refractivity contribution is 5.31. The van der Waals surface area contributed by atoms with Gasteiger partial charge in [0.2, 0.25) is 0 Å². The molecule has 3 rings (SSSR count). The van der Waals surface area contributed by atoms with Gasteiger partial charge in [0.05, 0.1) is 0 Å². The SMILES string of the molecule is C=C(C)C1[C@H]2C[C@H]2CC1(C)C(=C)C(NC)C1(C)CCCCC1. The second kappa shape index (κ2) is 5.51. The molecule has 0 bridgehead atoms. The molecule has 3 fully saturated rings. The fourth-order valence-corrected chi connectivity index (χ4v) is 6.22. The zero-order chi connectivity index (χ0) is 16.1. The van der Waals surface area contributed by atoms with Gasteiger partial charge in [-0.05, 0) is 68.2 Å². The van der Waals surface area contributed by atoms with E-state index in [1.54, 1.807) is 0 Å². The van der Waals surface area contributed by atoms with Gasteiger partial charge in [0, 0.05) is 6.04 Å². The molecular weight excluding hydrogens is 266 g/mol. The number of rotatable bonds is 5. The summed E-state index contributed by atoms with van der Waals surface area (Å²) in [5.74, 6) is 2.50. The first-order valence-corrected chi connectivity index (χ1v) is 9.35. The zero-order valence-electron chi connectivity index (χ0n) is 15.2. The van der Waals surface area contributed by atoms with E-state index in [1.807, 2.05) is 0 Å². The van der Waals surface area contributed by atoms with Crippen LogP contribution < -0.4 is 5.32 Å². The van der Waals surface area contributed by atoms with E-state index in [1.165, 1.54) is 56.1 Å². The van der Waals surface area contributed by atoms with Gasteiger partial charge < -0.3 is 5.32 Å². The second-order valence-electron chi connectivity index (χ2n) is 9.07. The minimum absolute atomic E-state index is 0.257. The molecule has 0 heterocycles. The lowest BCUT2D eigenvalue weighted by Crippen LogP contribution is -2.49. The summed E-state index contributed by atoms with van der Waals surface area (Å²) in [4.78, 5) is 0. The Kier molecular flexibility index (Phi) is 4.08. The molecule has 0 radical (unpaired) electrons. The van der Waals surface area contributed by atoms with Crippen LogP contribution in [0.4, 0.5) is 0 Å². The van der Waals surface area contributed by atoms with Crippen molar-refractivity contribution in [3.05, 3.63) is 24.3 Å². The van der Waals surface area contributed by atoms with Crippen LogP contribution in [0.1, 0.15) is 65.7 Å². The molecule has 124 valence electrons. The Bertz CT molecular complexity index is 470. The molecule has 0 amide bonds. The Morgan fingerprint density at radius 1 is 1.14 bits per heavy atom. The molecule has 0 aliphatic heterocycles. The van der Waals surface area contributed by atoms with Crippen molar-refractivity contribution < 1.29 is 0 Å². The number of allylic oxidation sites excluding steroid dienone is 1. The molecule has 3 unspecified atom stereocenters. The van der Waals surface area contributed by atoms with Crippen molar-refractivity contribution in [3.8, 4) is 0 Å². The van der Waals surface area contributed by atoms with Gasteiger partial charge in [-0.2, -0.15) is 0 Å². The van der Waals surface area contributed by atoms with Crippen LogP contribution >= 0.6 is 0 Å². The average Bonchev–Trinajstić information content (AvgIpc) is 3.11. The second-order valence-corrected chi connectivity index (χ2v) is 9.07. The van der Waals surface area contributed by atoms with E-state index >= 15 is 0 Å². The average molecular weight is 302 g/mol. The smallest absolute Gasteiger partial charge is 0.0333 e. The molecule has 3 saturated carbocycles. The van der Waals surface area contributed by atoms with E-state index in [9.17, 15) is 0 Å². The molecule has 0 aromatic heterocycles. The quantitative estimate of drug-likeness (QED) is 0.676. The van der Waals surface area contributed by atoms with Gasteiger partial charge in [0.15, 0.2) is 0 Å². The number of hydrogen-bond acceptors (Lipinski definition) is 1. The van der Waals surface area contributed by atoms with Crippen LogP contribution in [0, 0.1) is 28.6 Å².